The van der Waals surface area contributed by atoms with Gasteiger partial charge in [-0.05, 0) is 53.8 Å². The Hall–Kier alpha value is -2.69. The number of Topliss-reactive ketones (excluding diaryl/α,β-unsaturated/α-hetero) is 1. The minimum Gasteiger partial charge on any atom is -0.332 e. The fourth-order valence-corrected chi connectivity index (χ4v) is 5.73. The third-order valence-electron chi connectivity index (χ3n) is 6.44. The highest BCUT2D eigenvalue weighted by Crippen LogP contribution is 2.33. The van der Waals surface area contributed by atoms with Crippen molar-refractivity contribution in [1.82, 2.24) is 4.98 Å². The number of nitrogens with one attached hydrogen (secondary N) is 1. The molecule has 0 unspecified atom stereocenters. The van der Waals surface area contributed by atoms with Crippen LogP contribution < -0.4 is 5.32 Å². The van der Waals surface area contributed by atoms with Crippen molar-refractivity contribution in [2.75, 3.05) is 5.32 Å². The van der Waals surface area contributed by atoms with Gasteiger partial charge in [0.15, 0.2) is 10.9 Å². The maximum Gasteiger partial charge on any atom is 0.188 e. The van der Waals surface area contributed by atoms with Crippen molar-refractivity contribution in [2.24, 2.45) is 11.8 Å². The average Bonchev–Trinajstić information content (AvgIpc) is 3.21. The number of ketones is 1. The first-order chi connectivity index (χ1) is 15.6. The molecule has 1 aromatic heterocycles. The Morgan fingerprint density at radius 2 is 1.66 bits per heavy atom. The molecule has 1 saturated carbocycles. The lowest BCUT2D eigenvalue weighted by atomic mass is 9.76. The van der Waals surface area contributed by atoms with E-state index in [4.69, 9.17) is 11.6 Å². The Bertz CT molecular complexity index is 1250. The van der Waals surface area contributed by atoms with Crippen molar-refractivity contribution < 1.29 is 4.79 Å². The molecule has 1 aliphatic rings. The summed E-state index contributed by atoms with van der Waals surface area (Å²) in [4.78, 5) is 17.6. The molecule has 1 aliphatic carbocycles. The van der Waals surface area contributed by atoms with Crippen molar-refractivity contribution in [3.63, 3.8) is 0 Å². The lowest BCUT2D eigenvalue weighted by molar-refractivity contribution is 0.0837. The van der Waals surface area contributed by atoms with E-state index in [9.17, 15) is 4.79 Å². The topological polar surface area (TPSA) is 42.0 Å². The Labute approximate surface area is 197 Å². The van der Waals surface area contributed by atoms with Crippen LogP contribution in [-0.4, -0.2) is 10.8 Å². The van der Waals surface area contributed by atoms with Gasteiger partial charge in [0.25, 0.3) is 0 Å². The number of hydrogen-bond donors (Lipinski definition) is 1. The number of anilines is 2. The fraction of sp³-hybridized carbons (Fsp3) is 0.259. The average molecular weight is 461 g/mol. The molecule has 3 aromatic carbocycles. The van der Waals surface area contributed by atoms with E-state index < -0.39 is 0 Å². The van der Waals surface area contributed by atoms with Gasteiger partial charge in [0, 0.05) is 22.2 Å². The predicted octanol–water partition coefficient (Wildman–Crippen LogP) is 8.37. The van der Waals surface area contributed by atoms with E-state index in [1.165, 1.54) is 19.3 Å². The van der Waals surface area contributed by atoms with E-state index in [1.54, 1.807) is 11.3 Å². The van der Waals surface area contributed by atoms with E-state index in [1.807, 2.05) is 30.3 Å². The van der Waals surface area contributed by atoms with Crippen molar-refractivity contribution in [3.8, 4) is 11.1 Å². The van der Waals surface area contributed by atoms with E-state index in [0.29, 0.717) is 11.7 Å². The second-order valence-electron chi connectivity index (χ2n) is 8.64. The summed E-state index contributed by atoms with van der Waals surface area (Å²) in [5.74, 6) is 0.974. The summed E-state index contributed by atoms with van der Waals surface area (Å²) in [6.07, 6.45) is 4.61. The van der Waals surface area contributed by atoms with Gasteiger partial charge in [0.2, 0.25) is 0 Å². The van der Waals surface area contributed by atoms with Crippen molar-refractivity contribution in [2.45, 2.75) is 32.6 Å². The number of carbonyl (C=O) groups excluding carboxylic acids is 1. The maximum atomic E-state index is 12.9. The smallest absolute Gasteiger partial charge is 0.188 e. The molecule has 1 fully saturated rings. The fourth-order valence-electron chi connectivity index (χ4n) is 4.57. The molecule has 1 N–H and O–H groups in total. The second kappa shape index (κ2) is 9.05. The van der Waals surface area contributed by atoms with E-state index >= 15 is 0 Å². The first-order valence-electron chi connectivity index (χ1n) is 11.1. The maximum absolute atomic E-state index is 12.9. The molecule has 3 nitrogen and oxygen atoms in total. The molecule has 5 heteroatoms. The van der Waals surface area contributed by atoms with Gasteiger partial charge in [0.05, 0.1) is 10.2 Å². The number of nitrogens with zero attached hydrogens (tertiary/aromatic N) is 1. The van der Waals surface area contributed by atoms with Crippen LogP contribution >= 0.6 is 22.9 Å². The second-order valence-corrected chi connectivity index (χ2v) is 10.1. The van der Waals surface area contributed by atoms with Crippen LogP contribution in [0.2, 0.25) is 5.02 Å². The highest BCUT2D eigenvalue weighted by Gasteiger charge is 2.28. The zero-order chi connectivity index (χ0) is 22.1. The Morgan fingerprint density at radius 1 is 0.969 bits per heavy atom. The molecule has 5 rings (SSSR count). The highest BCUT2D eigenvalue weighted by atomic mass is 35.5. The number of benzene rings is 3. The molecule has 0 bridgehead atoms. The number of carbonyl (C=O) groups is 1. The van der Waals surface area contributed by atoms with Crippen LogP contribution in [0.5, 0.6) is 0 Å². The minimum absolute atomic E-state index is 0.179. The van der Waals surface area contributed by atoms with Crippen LogP contribution in [0.3, 0.4) is 0 Å². The molecule has 2 atom stereocenters. The Kier molecular flexibility index (Phi) is 5.99. The molecule has 4 aromatic rings. The van der Waals surface area contributed by atoms with Gasteiger partial charge in [-0.3, -0.25) is 4.79 Å². The third kappa shape index (κ3) is 4.43. The summed E-state index contributed by atoms with van der Waals surface area (Å²) >= 11 is 7.66. The number of fused-ring (bicyclic) bond motifs is 1. The standard InChI is InChI=1S/C27H25ClN2OS/c1-17-4-2-3-5-23(17)26(31)20-8-6-18(7-9-20)19-10-13-22(14-11-19)29-27-30-24-15-12-21(28)16-25(24)32-27/h6-17,23H,2-5H2,1H3,(H,29,30)/t17-,23-/m1/s1. The van der Waals surface area contributed by atoms with Gasteiger partial charge >= 0.3 is 0 Å². The highest BCUT2D eigenvalue weighted by molar-refractivity contribution is 7.22. The molecular weight excluding hydrogens is 436 g/mol. The van der Waals surface area contributed by atoms with Crippen molar-refractivity contribution in [1.29, 1.82) is 0 Å². The minimum atomic E-state index is 0.179. The van der Waals surface area contributed by atoms with E-state index in [-0.39, 0.29) is 5.92 Å². The SMILES string of the molecule is C[C@@H]1CCCC[C@H]1C(=O)c1ccc(-c2ccc(Nc3nc4ccc(Cl)cc4s3)cc2)cc1. The van der Waals surface area contributed by atoms with Crippen LogP contribution in [0.1, 0.15) is 43.0 Å². The molecule has 0 radical (unpaired) electrons. The van der Waals surface area contributed by atoms with E-state index in [0.717, 1.165) is 49.2 Å². The van der Waals surface area contributed by atoms with Gasteiger partial charge in [-0.1, -0.05) is 85.5 Å². The molecular formula is C27H25ClN2OS. The zero-order valence-electron chi connectivity index (χ0n) is 18.0. The number of rotatable bonds is 5. The molecule has 0 aliphatic heterocycles. The van der Waals surface area contributed by atoms with Gasteiger partial charge < -0.3 is 5.32 Å². The predicted molar refractivity (Wildman–Crippen MR) is 135 cm³/mol. The quantitative estimate of drug-likeness (QED) is 0.304. The number of thiazole rings is 1. The molecule has 0 spiro atoms. The monoisotopic (exact) mass is 460 g/mol. The van der Waals surface area contributed by atoms with Crippen molar-refractivity contribution in [3.05, 3.63) is 77.3 Å². The Balaban J connectivity index is 1.28. The molecule has 162 valence electrons. The summed E-state index contributed by atoms with van der Waals surface area (Å²) in [6, 6.07) is 22.1. The summed E-state index contributed by atoms with van der Waals surface area (Å²) in [5, 5.41) is 4.94. The first kappa shape index (κ1) is 21.2. The molecule has 1 heterocycles. The summed E-state index contributed by atoms with van der Waals surface area (Å²) < 4.78 is 1.06. The summed E-state index contributed by atoms with van der Waals surface area (Å²) in [5.41, 5.74) is 4.99. The third-order valence-corrected chi connectivity index (χ3v) is 7.61. The van der Waals surface area contributed by atoms with Gasteiger partial charge in [-0.25, -0.2) is 4.98 Å². The molecule has 0 saturated heterocycles. The number of aromatic nitrogens is 1. The normalized spacial score (nSPS) is 18.6. The molecule has 0 amide bonds. The number of hydrogen-bond acceptors (Lipinski definition) is 4. The van der Waals surface area contributed by atoms with Crippen molar-refractivity contribution >= 4 is 49.8 Å². The van der Waals surface area contributed by atoms with Crippen LogP contribution in [0.25, 0.3) is 21.3 Å². The van der Waals surface area contributed by atoms with Gasteiger partial charge in [-0.15, -0.1) is 0 Å². The van der Waals surface area contributed by atoms with Crippen LogP contribution in [0.15, 0.2) is 66.7 Å². The first-order valence-corrected chi connectivity index (χ1v) is 12.3. The van der Waals surface area contributed by atoms with E-state index in [2.05, 4.69) is 53.6 Å². The summed E-state index contributed by atoms with van der Waals surface area (Å²) in [7, 11) is 0. The number of halogens is 1. The Morgan fingerprint density at radius 3 is 2.38 bits per heavy atom. The largest absolute Gasteiger partial charge is 0.332 e. The lowest BCUT2D eigenvalue weighted by Gasteiger charge is -2.27. The lowest BCUT2D eigenvalue weighted by Crippen LogP contribution is -2.25. The molecule has 32 heavy (non-hydrogen) atoms. The van der Waals surface area contributed by atoms with Crippen LogP contribution in [0.4, 0.5) is 10.8 Å². The van der Waals surface area contributed by atoms with Gasteiger partial charge in [-0.2, -0.15) is 0 Å². The van der Waals surface area contributed by atoms with Crippen LogP contribution in [-0.2, 0) is 0 Å². The van der Waals surface area contributed by atoms with Gasteiger partial charge in [0.1, 0.15) is 0 Å². The summed E-state index contributed by atoms with van der Waals surface area (Å²) in [6.45, 7) is 2.22. The van der Waals surface area contributed by atoms with Crippen LogP contribution in [0, 0.1) is 11.8 Å². The zero-order valence-corrected chi connectivity index (χ0v) is 19.5.